The van der Waals surface area contributed by atoms with Crippen molar-refractivity contribution in [1.29, 1.82) is 0 Å². The molecule has 3 nitrogen and oxygen atoms in total. The molecule has 1 fully saturated rings. The number of anilines is 1. The van der Waals surface area contributed by atoms with E-state index >= 15 is 0 Å². The first-order valence-electron chi connectivity index (χ1n) is 8.74. The molecule has 0 aromatic heterocycles. The first kappa shape index (κ1) is 17.5. The van der Waals surface area contributed by atoms with E-state index < -0.39 is 5.82 Å². The van der Waals surface area contributed by atoms with Crippen LogP contribution in [-0.4, -0.2) is 25.0 Å². The Morgan fingerprint density at radius 3 is 2.56 bits per heavy atom. The zero-order chi connectivity index (χ0) is 18.0. The minimum absolute atomic E-state index is 0.145. The number of halogens is 1. The predicted octanol–water partition coefficient (Wildman–Crippen LogP) is 4.69. The molecule has 0 saturated carbocycles. The third-order valence-corrected chi connectivity index (χ3v) is 4.76. The van der Waals surface area contributed by atoms with Crippen molar-refractivity contribution in [2.45, 2.75) is 39.7 Å². The number of Topliss-reactive ketones (excluding diaryl/α,β-unsaturated/α-hetero) is 1. The van der Waals surface area contributed by atoms with E-state index in [4.69, 9.17) is 4.74 Å². The van der Waals surface area contributed by atoms with Gasteiger partial charge in [-0.2, -0.15) is 0 Å². The largest absolute Gasteiger partial charge is 0.490 e. The van der Waals surface area contributed by atoms with E-state index in [-0.39, 0.29) is 17.5 Å². The number of ether oxygens (including phenoxy) is 1. The second-order valence-electron chi connectivity index (χ2n) is 6.76. The Bertz CT molecular complexity index is 779. The summed E-state index contributed by atoms with van der Waals surface area (Å²) in [6, 6.07) is 11.1. The van der Waals surface area contributed by atoms with Crippen LogP contribution in [0.2, 0.25) is 0 Å². The molecule has 0 radical (unpaired) electrons. The first-order chi connectivity index (χ1) is 12.0. The number of hydrogen-bond acceptors (Lipinski definition) is 3. The molecule has 3 rings (SSSR count). The second-order valence-corrected chi connectivity index (χ2v) is 6.76. The Balaban J connectivity index is 1.69. The zero-order valence-electron chi connectivity index (χ0n) is 15.0. The van der Waals surface area contributed by atoms with Crippen LogP contribution in [0.3, 0.4) is 0 Å². The lowest BCUT2D eigenvalue weighted by Gasteiger charge is -2.35. The number of carbonyl (C=O) groups is 1. The lowest BCUT2D eigenvalue weighted by molar-refractivity contribution is 0.101. The lowest BCUT2D eigenvalue weighted by atomic mass is 10.0. The summed E-state index contributed by atoms with van der Waals surface area (Å²) in [5, 5.41) is 0. The van der Waals surface area contributed by atoms with Gasteiger partial charge in [-0.1, -0.05) is 18.2 Å². The van der Waals surface area contributed by atoms with Gasteiger partial charge in [-0.05, 0) is 50.1 Å². The van der Waals surface area contributed by atoms with Crippen molar-refractivity contribution < 1.29 is 13.9 Å². The molecule has 0 N–H and O–H groups in total. The number of hydrogen-bond donors (Lipinski definition) is 0. The van der Waals surface area contributed by atoms with Gasteiger partial charge in [0, 0.05) is 25.9 Å². The molecule has 0 unspecified atom stereocenters. The van der Waals surface area contributed by atoms with Gasteiger partial charge in [0.2, 0.25) is 0 Å². The van der Waals surface area contributed by atoms with Crippen molar-refractivity contribution in [3.05, 3.63) is 58.9 Å². The van der Waals surface area contributed by atoms with Crippen molar-refractivity contribution in [1.82, 2.24) is 0 Å². The number of carbonyl (C=O) groups excluding carboxylic acids is 1. The number of ketones is 1. The number of piperidine rings is 1. The minimum Gasteiger partial charge on any atom is -0.490 e. The highest BCUT2D eigenvalue weighted by Crippen LogP contribution is 2.29. The van der Waals surface area contributed by atoms with Gasteiger partial charge in [0.25, 0.3) is 0 Å². The predicted molar refractivity (Wildman–Crippen MR) is 98.2 cm³/mol. The average molecular weight is 341 g/mol. The van der Waals surface area contributed by atoms with Crippen LogP contribution in [-0.2, 0) is 0 Å². The van der Waals surface area contributed by atoms with E-state index in [0.29, 0.717) is 5.69 Å². The average Bonchev–Trinajstić information content (AvgIpc) is 2.58. The Labute approximate surface area is 148 Å². The van der Waals surface area contributed by atoms with Crippen molar-refractivity contribution >= 4 is 11.5 Å². The van der Waals surface area contributed by atoms with Crippen LogP contribution < -0.4 is 9.64 Å². The first-order valence-corrected chi connectivity index (χ1v) is 8.74. The fraction of sp³-hybridized carbons (Fsp3) is 0.381. The SMILES string of the molecule is CC(=O)c1c(F)cccc1N1CCC(Oc2cc(C)ccc2C)CC1. The van der Waals surface area contributed by atoms with Crippen molar-refractivity contribution in [3.63, 3.8) is 0 Å². The second kappa shape index (κ2) is 7.26. The van der Waals surface area contributed by atoms with E-state index in [0.717, 1.165) is 37.2 Å². The maximum atomic E-state index is 14.0. The van der Waals surface area contributed by atoms with Crippen LogP contribution >= 0.6 is 0 Å². The highest BCUT2D eigenvalue weighted by atomic mass is 19.1. The molecule has 132 valence electrons. The molecule has 0 amide bonds. The molecule has 1 saturated heterocycles. The Kier molecular flexibility index (Phi) is 5.07. The molecular formula is C21H24FNO2. The summed E-state index contributed by atoms with van der Waals surface area (Å²) in [6.07, 6.45) is 1.84. The van der Waals surface area contributed by atoms with Crippen molar-refractivity contribution in [2.75, 3.05) is 18.0 Å². The van der Waals surface area contributed by atoms with Crippen LogP contribution in [0, 0.1) is 19.7 Å². The summed E-state index contributed by atoms with van der Waals surface area (Å²) in [6.45, 7) is 7.02. The van der Waals surface area contributed by atoms with E-state index in [1.807, 2.05) is 6.07 Å². The van der Waals surface area contributed by atoms with Gasteiger partial charge in [-0.3, -0.25) is 4.79 Å². The Morgan fingerprint density at radius 2 is 1.88 bits per heavy atom. The van der Waals surface area contributed by atoms with Crippen LogP contribution in [0.1, 0.15) is 41.3 Å². The van der Waals surface area contributed by atoms with Crippen LogP contribution in [0.25, 0.3) is 0 Å². The molecule has 25 heavy (non-hydrogen) atoms. The van der Waals surface area contributed by atoms with Crippen LogP contribution in [0.5, 0.6) is 5.75 Å². The normalized spacial score (nSPS) is 15.3. The molecule has 2 aromatic rings. The highest BCUT2D eigenvalue weighted by Gasteiger charge is 2.24. The third-order valence-electron chi connectivity index (χ3n) is 4.76. The van der Waals surface area contributed by atoms with E-state index in [1.165, 1.54) is 18.6 Å². The molecule has 0 aliphatic carbocycles. The van der Waals surface area contributed by atoms with E-state index in [2.05, 4.69) is 36.9 Å². The van der Waals surface area contributed by atoms with Crippen LogP contribution in [0.15, 0.2) is 36.4 Å². The van der Waals surface area contributed by atoms with E-state index in [9.17, 15) is 9.18 Å². The fourth-order valence-electron chi connectivity index (χ4n) is 3.35. The van der Waals surface area contributed by atoms with Gasteiger partial charge >= 0.3 is 0 Å². The molecule has 1 aliphatic heterocycles. The summed E-state index contributed by atoms with van der Waals surface area (Å²) in [5.74, 6) is 0.259. The third kappa shape index (κ3) is 3.84. The summed E-state index contributed by atoms with van der Waals surface area (Å²) < 4.78 is 20.2. The quantitative estimate of drug-likeness (QED) is 0.756. The lowest BCUT2D eigenvalue weighted by Crippen LogP contribution is -2.39. The van der Waals surface area contributed by atoms with Crippen LogP contribution in [0.4, 0.5) is 10.1 Å². The minimum atomic E-state index is -0.446. The highest BCUT2D eigenvalue weighted by molar-refractivity contribution is 6.00. The number of rotatable bonds is 4. The molecule has 0 atom stereocenters. The summed E-state index contributed by atoms with van der Waals surface area (Å²) in [7, 11) is 0. The van der Waals surface area contributed by atoms with Crippen molar-refractivity contribution in [2.24, 2.45) is 0 Å². The molecule has 2 aromatic carbocycles. The van der Waals surface area contributed by atoms with Gasteiger partial charge in [-0.15, -0.1) is 0 Å². The Hall–Kier alpha value is -2.36. The molecule has 0 spiro atoms. The monoisotopic (exact) mass is 341 g/mol. The van der Waals surface area contributed by atoms with Gasteiger partial charge in [-0.25, -0.2) is 4.39 Å². The van der Waals surface area contributed by atoms with Gasteiger partial charge in [0.05, 0.1) is 11.3 Å². The summed E-state index contributed by atoms with van der Waals surface area (Å²) >= 11 is 0. The maximum Gasteiger partial charge on any atom is 0.164 e. The molecule has 1 heterocycles. The molecular weight excluding hydrogens is 317 g/mol. The molecule has 4 heteroatoms. The zero-order valence-corrected chi connectivity index (χ0v) is 15.0. The summed E-state index contributed by atoms with van der Waals surface area (Å²) in [4.78, 5) is 13.9. The van der Waals surface area contributed by atoms with Gasteiger partial charge in [0.15, 0.2) is 5.78 Å². The standard InChI is InChI=1S/C21H24FNO2/c1-14-7-8-15(2)20(13-14)25-17-9-11-23(12-10-17)19-6-4-5-18(22)21(19)16(3)24/h4-8,13,17H,9-12H2,1-3H3. The Morgan fingerprint density at radius 1 is 1.16 bits per heavy atom. The van der Waals surface area contributed by atoms with E-state index in [1.54, 1.807) is 6.07 Å². The maximum absolute atomic E-state index is 14.0. The number of benzene rings is 2. The van der Waals surface area contributed by atoms with Gasteiger partial charge < -0.3 is 9.64 Å². The smallest absolute Gasteiger partial charge is 0.164 e. The number of nitrogens with zero attached hydrogens (tertiary/aromatic N) is 1. The molecule has 0 bridgehead atoms. The fourth-order valence-corrected chi connectivity index (χ4v) is 3.35. The van der Waals surface area contributed by atoms with Crippen molar-refractivity contribution in [3.8, 4) is 5.75 Å². The topological polar surface area (TPSA) is 29.5 Å². The number of aryl methyl sites for hydroxylation is 2. The molecule has 1 aliphatic rings. The summed E-state index contributed by atoms with van der Waals surface area (Å²) in [5.41, 5.74) is 3.20. The van der Waals surface area contributed by atoms with Gasteiger partial charge in [0.1, 0.15) is 17.7 Å².